The number of rotatable bonds is 2. The van der Waals surface area contributed by atoms with Crippen LogP contribution in [0.3, 0.4) is 0 Å². The van der Waals surface area contributed by atoms with Gasteiger partial charge in [-0.3, -0.25) is 4.79 Å². The molecule has 0 spiro atoms. The normalized spacial score (nSPS) is 16.5. The minimum atomic E-state index is -0.763. The van der Waals surface area contributed by atoms with Crippen LogP contribution in [0.4, 0.5) is 5.82 Å². The van der Waals surface area contributed by atoms with Crippen molar-refractivity contribution in [3.63, 3.8) is 0 Å². The van der Waals surface area contributed by atoms with Gasteiger partial charge < -0.3 is 10.0 Å². The van der Waals surface area contributed by atoms with E-state index in [0.29, 0.717) is 18.9 Å². The Morgan fingerprint density at radius 2 is 2.36 bits per heavy atom. The van der Waals surface area contributed by atoms with Crippen LogP contribution in [-0.4, -0.2) is 34.1 Å². The van der Waals surface area contributed by atoms with E-state index in [2.05, 4.69) is 9.97 Å². The molecule has 1 aliphatic rings. The van der Waals surface area contributed by atoms with Crippen LogP contribution in [-0.2, 0) is 4.79 Å². The zero-order valence-electron chi connectivity index (χ0n) is 7.22. The van der Waals surface area contributed by atoms with Gasteiger partial charge >= 0.3 is 5.97 Å². The molecule has 1 N–H and O–H groups in total. The van der Waals surface area contributed by atoms with Crippen molar-refractivity contribution < 1.29 is 9.90 Å². The van der Waals surface area contributed by atoms with Crippen LogP contribution >= 0.6 is 11.6 Å². The van der Waals surface area contributed by atoms with Gasteiger partial charge in [-0.2, -0.15) is 0 Å². The molecule has 6 heteroatoms. The first-order valence-corrected chi connectivity index (χ1v) is 4.51. The second kappa shape index (κ2) is 3.42. The number of halogens is 1. The van der Waals surface area contributed by atoms with Crippen LogP contribution in [0.2, 0.25) is 5.28 Å². The summed E-state index contributed by atoms with van der Waals surface area (Å²) in [5, 5.41) is 8.85. The third-order valence-corrected chi connectivity index (χ3v) is 2.35. The molecule has 74 valence electrons. The summed E-state index contributed by atoms with van der Waals surface area (Å²) in [5.74, 6) is -0.368. The van der Waals surface area contributed by atoms with Gasteiger partial charge in [-0.1, -0.05) is 0 Å². The molecule has 1 saturated heterocycles. The topological polar surface area (TPSA) is 66.3 Å². The second-order valence-electron chi connectivity index (χ2n) is 3.12. The van der Waals surface area contributed by atoms with Gasteiger partial charge in [0.25, 0.3) is 0 Å². The first-order chi connectivity index (χ1) is 6.66. The van der Waals surface area contributed by atoms with Gasteiger partial charge in [-0.15, -0.1) is 0 Å². The maximum Gasteiger partial charge on any atom is 0.310 e. The lowest BCUT2D eigenvalue weighted by molar-refractivity contribution is -0.142. The number of nitrogens with zero attached hydrogens (tertiary/aromatic N) is 3. The van der Waals surface area contributed by atoms with E-state index in [4.69, 9.17) is 16.7 Å². The van der Waals surface area contributed by atoms with Crippen LogP contribution in [0.5, 0.6) is 0 Å². The molecule has 5 nitrogen and oxygen atoms in total. The van der Waals surface area contributed by atoms with Gasteiger partial charge in [0.1, 0.15) is 5.82 Å². The summed E-state index contributed by atoms with van der Waals surface area (Å²) < 4.78 is 0. The van der Waals surface area contributed by atoms with Crippen molar-refractivity contribution in [2.75, 3.05) is 18.0 Å². The summed E-state index contributed by atoms with van der Waals surface area (Å²) >= 11 is 5.60. The van der Waals surface area contributed by atoms with Gasteiger partial charge in [0.2, 0.25) is 5.28 Å². The lowest BCUT2D eigenvalue weighted by atomic mass is 10.0. The van der Waals surface area contributed by atoms with E-state index < -0.39 is 5.97 Å². The third kappa shape index (κ3) is 1.63. The van der Waals surface area contributed by atoms with E-state index in [9.17, 15) is 4.79 Å². The fourth-order valence-electron chi connectivity index (χ4n) is 1.32. The molecule has 0 saturated carbocycles. The number of anilines is 1. The molecule has 1 aromatic rings. The molecule has 0 atom stereocenters. The molecule has 2 heterocycles. The Hall–Kier alpha value is -1.36. The van der Waals surface area contributed by atoms with Gasteiger partial charge in [0.05, 0.1) is 5.92 Å². The number of hydrogen-bond donors (Lipinski definition) is 1. The molecule has 0 radical (unpaired) electrons. The first-order valence-electron chi connectivity index (χ1n) is 4.13. The molecule has 0 unspecified atom stereocenters. The van der Waals surface area contributed by atoms with Gasteiger partial charge in [0.15, 0.2) is 0 Å². The molecule has 1 aromatic heterocycles. The van der Waals surface area contributed by atoms with Gasteiger partial charge in [-0.25, -0.2) is 9.97 Å². The summed E-state index contributed by atoms with van der Waals surface area (Å²) in [4.78, 5) is 20.1. The largest absolute Gasteiger partial charge is 0.481 e. The maximum absolute atomic E-state index is 10.5. The molecule has 1 aliphatic heterocycles. The average Bonchev–Trinajstić information content (AvgIpc) is 2.00. The lowest BCUT2D eigenvalue weighted by Gasteiger charge is -2.37. The van der Waals surface area contributed by atoms with E-state index >= 15 is 0 Å². The number of aliphatic carboxylic acids is 1. The van der Waals surface area contributed by atoms with E-state index in [0.717, 1.165) is 0 Å². The summed E-state index contributed by atoms with van der Waals surface area (Å²) in [7, 11) is 0. The SMILES string of the molecule is O=C(O)C1CN(c2ccnc(Cl)n2)C1. The Morgan fingerprint density at radius 3 is 2.93 bits per heavy atom. The van der Waals surface area contributed by atoms with E-state index in [1.54, 1.807) is 12.3 Å². The van der Waals surface area contributed by atoms with Crippen LogP contribution in [0, 0.1) is 5.92 Å². The molecule has 0 aromatic carbocycles. The monoisotopic (exact) mass is 213 g/mol. The Morgan fingerprint density at radius 1 is 1.64 bits per heavy atom. The highest BCUT2D eigenvalue weighted by Gasteiger charge is 2.33. The van der Waals surface area contributed by atoms with Crippen molar-refractivity contribution >= 4 is 23.4 Å². The molecule has 1 fully saturated rings. The maximum atomic E-state index is 10.5. The number of carbonyl (C=O) groups is 1. The number of carboxylic acids is 1. The highest BCUT2D eigenvalue weighted by atomic mass is 35.5. The highest BCUT2D eigenvalue weighted by Crippen LogP contribution is 2.22. The molecule has 14 heavy (non-hydrogen) atoms. The smallest absolute Gasteiger partial charge is 0.310 e. The van der Waals surface area contributed by atoms with Crippen molar-refractivity contribution in [3.8, 4) is 0 Å². The van der Waals surface area contributed by atoms with Crippen molar-refractivity contribution in [2.45, 2.75) is 0 Å². The lowest BCUT2D eigenvalue weighted by Crippen LogP contribution is -2.50. The minimum absolute atomic E-state index is 0.182. The fraction of sp³-hybridized carbons (Fsp3) is 0.375. The average molecular weight is 214 g/mol. The molecule has 2 rings (SSSR count). The Bertz CT molecular complexity index is 365. The molecular weight excluding hydrogens is 206 g/mol. The van der Waals surface area contributed by atoms with Crippen molar-refractivity contribution in [1.29, 1.82) is 0 Å². The van der Waals surface area contributed by atoms with Crippen molar-refractivity contribution in [1.82, 2.24) is 9.97 Å². The van der Waals surface area contributed by atoms with Gasteiger partial charge in [0, 0.05) is 19.3 Å². The van der Waals surface area contributed by atoms with Crippen molar-refractivity contribution in [2.24, 2.45) is 5.92 Å². The highest BCUT2D eigenvalue weighted by molar-refractivity contribution is 6.28. The number of hydrogen-bond acceptors (Lipinski definition) is 4. The Balaban J connectivity index is 2.03. The van der Waals surface area contributed by atoms with Crippen LogP contribution < -0.4 is 4.90 Å². The van der Waals surface area contributed by atoms with Crippen molar-refractivity contribution in [3.05, 3.63) is 17.5 Å². The molecule has 0 amide bonds. The minimum Gasteiger partial charge on any atom is -0.481 e. The third-order valence-electron chi connectivity index (χ3n) is 2.17. The van der Waals surface area contributed by atoms with E-state index in [1.165, 1.54) is 0 Å². The zero-order valence-corrected chi connectivity index (χ0v) is 7.98. The molecule has 0 aliphatic carbocycles. The van der Waals surface area contributed by atoms with Gasteiger partial charge in [-0.05, 0) is 17.7 Å². The molecular formula is C8H8ClN3O2. The molecule has 0 bridgehead atoms. The second-order valence-corrected chi connectivity index (χ2v) is 3.46. The summed E-state index contributed by atoms with van der Waals surface area (Å²) in [5.41, 5.74) is 0. The Kier molecular flexibility index (Phi) is 2.25. The fourth-order valence-corrected chi connectivity index (χ4v) is 1.47. The van der Waals surface area contributed by atoms with Crippen LogP contribution in [0.1, 0.15) is 0 Å². The first kappa shape index (κ1) is 9.21. The summed E-state index contributed by atoms with van der Waals surface area (Å²) in [6.07, 6.45) is 1.55. The quantitative estimate of drug-likeness (QED) is 0.731. The standard InChI is InChI=1S/C8H8ClN3O2/c9-8-10-2-1-6(11-8)12-3-5(4-12)7(13)14/h1-2,5H,3-4H2,(H,13,14). The predicted molar refractivity (Wildman–Crippen MR) is 50.4 cm³/mol. The zero-order chi connectivity index (χ0) is 10.1. The van der Waals surface area contributed by atoms with Crippen LogP contribution in [0.25, 0.3) is 0 Å². The number of carboxylic acid groups (broad SMARTS) is 1. The van der Waals surface area contributed by atoms with Crippen LogP contribution in [0.15, 0.2) is 12.3 Å². The van der Waals surface area contributed by atoms with E-state index in [1.807, 2.05) is 4.90 Å². The summed E-state index contributed by atoms with van der Waals surface area (Å²) in [6.45, 7) is 0.978. The summed E-state index contributed by atoms with van der Waals surface area (Å²) in [6, 6.07) is 1.71. The Labute approximate surface area is 85.3 Å². The number of aromatic nitrogens is 2. The van der Waals surface area contributed by atoms with E-state index in [-0.39, 0.29) is 11.2 Å². The predicted octanol–water partition coefficient (Wildman–Crippen LogP) is 0.651.